The largest absolute Gasteiger partial charge is 0.370 e. The van der Waals surface area contributed by atoms with E-state index >= 15 is 0 Å². The molecule has 1 heterocycles. The summed E-state index contributed by atoms with van der Waals surface area (Å²) < 4.78 is 21.5. The van der Waals surface area contributed by atoms with Crippen molar-refractivity contribution >= 4 is 21.7 Å². The Bertz CT molecular complexity index is 530. The van der Waals surface area contributed by atoms with E-state index < -0.39 is 10.0 Å². The zero-order valence-corrected chi connectivity index (χ0v) is 11.5. The highest BCUT2D eigenvalue weighted by molar-refractivity contribution is 7.89. The van der Waals surface area contributed by atoms with Gasteiger partial charge in [0.25, 0.3) is 5.91 Å². The average molecular weight is 286 g/mol. The molecule has 106 valence electrons. The smallest absolute Gasteiger partial charge is 0.251 e. The zero-order chi connectivity index (χ0) is 14.3. The van der Waals surface area contributed by atoms with Crippen LogP contribution in [0.15, 0.2) is 18.3 Å². The van der Waals surface area contributed by atoms with Crippen molar-refractivity contribution in [2.75, 3.05) is 24.2 Å². The summed E-state index contributed by atoms with van der Waals surface area (Å²) in [6.45, 7) is 2.78. The molecule has 1 amide bonds. The molecule has 19 heavy (non-hydrogen) atoms. The predicted octanol–water partition coefficient (Wildman–Crippen LogP) is -0.0782. The third-order valence-corrected chi connectivity index (χ3v) is 3.02. The predicted molar refractivity (Wildman–Crippen MR) is 73.3 cm³/mol. The SMILES string of the molecule is CCCNc1cc(C(=O)NCCS(N)(=O)=O)ccn1. The monoisotopic (exact) mass is 286 g/mol. The molecule has 0 bridgehead atoms. The van der Waals surface area contributed by atoms with Gasteiger partial charge in [0.15, 0.2) is 0 Å². The van der Waals surface area contributed by atoms with Gasteiger partial charge in [0.1, 0.15) is 5.82 Å². The molecule has 0 radical (unpaired) electrons. The molecule has 7 nitrogen and oxygen atoms in total. The molecule has 0 fully saturated rings. The minimum Gasteiger partial charge on any atom is -0.370 e. The van der Waals surface area contributed by atoms with E-state index in [4.69, 9.17) is 5.14 Å². The lowest BCUT2D eigenvalue weighted by molar-refractivity contribution is 0.0956. The molecule has 1 aromatic rings. The van der Waals surface area contributed by atoms with Gasteiger partial charge < -0.3 is 10.6 Å². The van der Waals surface area contributed by atoms with E-state index in [0.29, 0.717) is 11.4 Å². The number of nitrogens with one attached hydrogen (secondary N) is 2. The summed E-state index contributed by atoms with van der Waals surface area (Å²) in [5.74, 6) is -0.0309. The van der Waals surface area contributed by atoms with Gasteiger partial charge in [0.2, 0.25) is 10.0 Å². The molecule has 0 aliphatic rings. The number of anilines is 1. The first-order valence-electron chi connectivity index (χ1n) is 5.91. The number of carbonyl (C=O) groups excluding carboxylic acids is 1. The van der Waals surface area contributed by atoms with E-state index in [-0.39, 0.29) is 18.2 Å². The second-order valence-electron chi connectivity index (χ2n) is 3.98. The topological polar surface area (TPSA) is 114 Å². The Morgan fingerprint density at radius 3 is 2.79 bits per heavy atom. The van der Waals surface area contributed by atoms with Crippen molar-refractivity contribution in [1.82, 2.24) is 10.3 Å². The van der Waals surface area contributed by atoms with Crippen LogP contribution in [0.4, 0.5) is 5.82 Å². The zero-order valence-electron chi connectivity index (χ0n) is 10.7. The molecule has 0 saturated heterocycles. The Morgan fingerprint density at radius 2 is 2.16 bits per heavy atom. The fourth-order valence-electron chi connectivity index (χ4n) is 1.33. The summed E-state index contributed by atoms with van der Waals surface area (Å²) in [7, 11) is -3.56. The van der Waals surface area contributed by atoms with Crippen LogP contribution in [0.25, 0.3) is 0 Å². The summed E-state index contributed by atoms with van der Waals surface area (Å²) in [6.07, 6.45) is 2.47. The minimum absolute atomic E-state index is 0.0162. The number of nitrogens with two attached hydrogens (primary N) is 1. The Kier molecular flexibility index (Phi) is 5.71. The number of nitrogens with zero attached hydrogens (tertiary/aromatic N) is 1. The standard InChI is InChI=1S/C11H18N4O3S/c1-2-4-13-10-8-9(3-5-14-10)11(16)15-6-7-19(12,17)18/h3,5,8H,2,4,6-7H2,1H3,(H,13,14)(H,15,16)(H2,12,17,18). The summed E-state index contributed by atoms with van der Waals surface area (Å²) >= 11 is 0. The van der Waals surface area contributed by atoms with Crippen LogP contribution in [0, 0.1) is 0 Å². The van der Waals surface area contributed by atoms with Crippen molar-refractivity contribution < 1.29 is 13.2 Å². The van der Waals surface area contributed by atoms with Crippen molar-refractivity contribution in [3.63, 3.8) is 0 Å². The Hall–Kier alpha value is -1.67. The molecule has 0 saturated carbocycles. The molecular formula is C11H18N4O3S. The highest BCUT2D eigenvalue weighted by Gasteiger charge is 2.08. The summed E-state index contributed by atoms with van der Waals surface area (Å²) in [5.41, 5.74) is 0.419. The van der Waals surface area contributed by atoms with Gasteiger partial charge in [-0.1, -0.05) is 6.92 Å². The van der Waals surface area contributed by atoms with E-state index in [1.807, 2.05) is 6.92 Å². The lowest BCUT2D eigenvalue weighted by atomic mass is 10.2. The first-order chi connectivity index (χ1) is 8.92. The number of aromatic nitrogens is 1. The molecule has 0 atom stereocenters. The Balaban J connectivity index is 2.56. The number of carbonyl (C=O) groups is 1. The van der Waals surface area contributed by atoms with Crippen LogP contribution in [0.3, 0.4) is 0 Å². The summed E-state index contributed by atoms with van der Waals surface area (Å²) in [5, 5.41) is 10.4. The fourth-order valence-corrected chi connectivity index (χ4v) is 1.72. The third kappa shape index (κ3) is 6.16. The van der Waals surface area contributed by atoms with E-state index in [1.165, 1.54) is 6.20 Å². The lowest BCUT2D eigenvalue weighted by Crippen LogP contribution is -2.31. The van der Waals surface area contributed by atoms with Crippen molar-refractivity contribution in [3.8, 4) is 0 Å². The highest BCUT2D eigenvalue weighted by Crippen LogP contribution is 2.06. The van der Waals surface area contributed by atoms with Gasteiger partial charge in [-0.3, -0.25) is 4.79 Å². The van der Waals surface area contributed by atoms with Crippen molar-refractivity contribution in [1.29, 1.82) is 0 Å². The van der Waals surface area contributed by atoms with Gasteiger partial charge in [-0.05, 0) is 18.6 Å². The fraction of sp³-hybridized carbons (Fsp3) is 0.455. The third-order valence-electron chi connectivity index (χ3n) is 2.25. The van der Waals surface area contributed by atoms with Crippen LogP contribution in [0.2, 0.25) is 0 Å². The molecule has 0 aromatic carbocycles. The molecule has 8 heteroatoms. The van der Waals surface area contributed by atoms with Gasteiger partial charge >= 0.3 is 0 Å². The van der Waals surface area contributed by atoms with Crippen LogP contribution in [0.1, 0.15) is 23.7 Å². The van der Waals surface area contributed by atoms with Crippen LogP contribution < -0.4 is 15.8 Å². The number of hydrogen-bond acceptors (Lipinski definition) is 5. The minimum atomic E-state index is -3.56. The molecule has 0 aliphatic heterocycles. The Morgan fingerprint density at radius 1 is 1.42 bits per heavy atom. The van der Waals surface area contributed by atoms with Crippen molar-refractivity contribution in [3.05, 3.63) is 23.9 Å². The van der Waals surface area contributed by atoms with Gasteiger partial charge in [-0.15, -0.1) is 0 Å². The molecule has 1 rings (SSSR count). The van der Waals surface area contributed by atoms with Crippen molar-refractivity contribution in [2.24, 2.45) is 5.14 Å². The van der Waals surface area contributed by atoms with Gasteiger partial charge in [0.05, 0.1) is 5.75 Å². The molecule has 0 spiro atoms. The van der Waals surface area contributed by atoms with Gasteiger partial charge in [-0.2, -0.15) is 0 Å². The summed E-state index contributed by atoms with van der Waals surface area (Å²) in [6, 6.07) is 3.17. The number of pyridine rings is 1. The van der Waals surface area contributed by atoms with E-state index in [0.717, 1.165) is 13.0 Å². The number of primary sulfonamides is 1. The molecule has 4 N–H and O–H groups in total. The van der Waals surface area contributed by atoms with Crippen LogP contribution in [-0.2, 0) is 10.0 Å². The van der Waals surface area contributed by atoms with Gasteiger partial charge in [0, 0.05) is 24.8 Å². The van der Waals surface area contributed by atoms with E-state index in [9.17, 15) is 13.2 Å². The second kappa shape index (κ2) is 7.05. The normalized spacial score (nSPS) is 11.1. The number of sulfonamides is 1. The quantitative estimate of drug-likeness (QED) is 0.648. The maximum Gasteiger partial charge on any atom is 0.251 e. The molecular weight excluding hydrogens is 268 g/mol. The van der Waals surface area contributed by atoms with Crippen LogP contribution in [0.5, 0.6) is 0 Å². The Labute approximate surface area is 112 Å². The number of rotatable bonds is 7. The molecule has 0 unspecified atom stereocenters. The lowest BCUT2D eigenvalue weighted by Gasteiger charge is -2.07. The van der Waals surface area contributed by atoms with E-state index in [1.54, 1.807) is 12.1 Å². The van der Waals surface area contributed by atoms with Crippen LogP contribution >= 0.6 is 0 Å². The van der Waals surface area contributed by atoms with E-state index in [2.05, 4.69) is 15.6 Å². The first kappa shape index (κ1) is 15.4. The van der Waals surface area contributed by atoms with Crippen LogP contribution in [-0.4, -0.2) is 38.2 Å². The first-order valence-corrected chi connectivity index (χ1v) is 7.62. The second-order valence-corrected chi connectivity index (χ2v) is 5.71. The van der Waals surface area contributed by atoms with Crippen molar-refractivity contribution in [2.45, 2.75) is 13.3 Å². The maximum atomic E-state index is 11.8. The highest BCUT2D eigenvalue weighted by atomic mass is 32.2. The maximum absolute atomic E-state index is 11.8. The number of hydrogen-bond donors (Lipinski definition) is 3. The molecule has 0 aliphatic carbocycles. The summed E-state index contributed by atoms with van der Waals surface area (Å²) in [4.78, 5) is 15.8. The van der Waals surface area contributed by atoms with Gasteiger partial charge in [-0.25, -0.2) is 18.5 Å². The molecule has 1 aromatic heterocycles. The average Bonchev–Trinajstić information content (AvgIpc) is 2.35. The number of amides is 1.